The first kappa shape index (κ1) is 14.3. The van der Waals surface area contributed by atoms with Gasteiger partial charge in [-0.1, -0.05) is 30.3 Å². The molecule has 0 heterocycles. The first-order valence-corrected chi connectivity index (χ1v) is 6.59. The van der Waals surface area contributed by atoms with Gasteiger partial charge in [0, 0.05) is 11.8 Å². The van der Waals surface area contributed by atoms with Crippen molar-refractivity contribution in [2.45, 2.75) is 25.4 Å². The van der Waals surface area contributed by atoms with Crippen LogP contribution in [0.25, 0.3) is 10.8 Å². The molecule has 0 aliphatic heterocycles. The fraction of sp³-hybridized carbons (Fsp3) is 0.312. The first-order chi connectivity index (χ1) is 9.63. The number of carbonyl (C=O) groups is 1. The highest BCUT2D eigenvalue weighted by molar-refractivity contribution is 5.91. The summed E-state index contributed by atoms with van der Waals surface area (Å²) in [6, 6.07) is 11.4. The normalized spacial score (nSPS) is 12.3. The molecule has 0 amide bonds. The predicted octanol–water partition coefficient (Wildman–Crippen LogP) is 3.14. The maximum atomic E-state index is 10.5. The molecule has 2 rings (SSSR count). The monoisotopic (exact) mass is 274 g/mol. The van der Waals surface area contributed by atoms with Crippen LogP contribution in [0.4, 0.5) is 0 Å². The standard InChI is InChI=1S/C16H18O4/c1-20-15-10-9-12(11-5-2-3-6-13(11)15)14(17)7-4-8-16(18)19/h2-3,5-6,9-10,14,17H,4,7-8H2,1H3,(H,18,19). The summed E-state index contributed by atoms with van der Waals surface area (Å²) in [5.41, 5.74) is 0.812. The number of hydrogen-bond donors (Lipinski definition) is 2. The largest absolute Gasteiger partial charge is 0.496 e. The lowest BCUT2D eigenvalue weighted by Crippen LogP contribution is -2.01. The van der Waals surface area contributed by atoms with E-state index in [9.17, 15) is 9.90 Å². The van der Waals surface area contributed by atoms with Crippen molar-refractivity contribution in [3.63, 3.8) is 0 Å². The highest BCUT2D eigenvalue weighted by Crippen LogP contribution is 2.33. The van der Waals surface area contributed by atoms with Crippen LogP contribution in [0.1, 0.15) is 30.9 Å². The zero-order chi connectivity index (χ0) is 14.5. The SMILES string of the molecule is COc1ccc(C(O)CCCC(=O)O)c2ccccc12. The van der Waals surface area contributed by atoms with Gasteiger partial charge in [0.1, 0.15) is 5.75 Å². The van der Waals surface area contributed by atoms with Gasteiger partial charge in [0.05, 0.1) is 13.2 Å². The van der Waals surface area contributed by atoms with E-state index in [4.69, 9.17) is 9.84 Å². The van der Waals surface area contributed by atoms with Crippen molar-refractivity contribution in [1.82, 2.24) is 0 Å². The van der Waals surface area contributed by atoms with Crippen molar-refractivity contribution in [3.8, 4) is 5.75 Å². The third-order valence-electron chi connectivity index (χ3n) is 3.36. The number of benzene rings is 2. The Morgan fingerprint density at radius 2 is 1.90 bits per heavy atom. The molecule has 2 N–H and O–H groups in total. The minimum absolute atomic E-state index is 0.0746. The molecule has 4 heteroatoms. The molecule has 106 valence electrons. The van der Waals surface area contributed by atoms with Gasteiger partial charge in [-0.25, -0.2) is 0 Å². The van der Waals surface area contributed by atoms with Crippen molar-refractivity contribution >= 4 is 16.7 Å². The molecule has 4 nitrogen and oxygen atoms in total. The lowest BCUT2D eigenvalue weighted by atomic mass is 9.97. The van der Waals surface area contributed by atoms with E-state index in [1.807, 2.05) is 36.4 Å². The molecule has 0 bridgehead atoms. The highest BCUT2D eigenvalue weighted by Gasteiger charge is 2.13. The van der Waals surface area contributed by atoms with E-state index in [2.05, 4.69) is 0 Å². The quantitative estimate of drug-likeness (QED) is 0.849. The van der Waals surface area contributed by atoms with Crippen molar-refractivity contribution in [2.24, 2.45) is 0 Å². The minimum Gasteiger partial charge on any atom is -0.496 e. The summed E-state index contributed by atoms with van der Waals surface area (Å²) in [6.07, 6.45) is 0.301. The van der Waals surface area contributed by atoms with Crippen LogP contribution in [0.3, 0.4) is 0 Å². The lowest BCUT2D eigenvalue weighted by Gasteiger charge is -2.15. The Balaban J connectivity index is 2.28. The molecule has 2 aromatic carbocycles. The van der Waals surface area contributed by atoms with Crippen molar-refractivity contribution < 1.29 is 19.7 Å². The third-order valence-corrected chi connectivity index (χ3v) is 3.36. The number of carboxylic acids is 1. The number of methoxy groups -OCH3 is 1. The molecule has 0 aliphatic carbocycles. The topological polar surface area (TPSA) is 66.8 Å². The molecule has 1 unspecified atom stereocenters. The molecule has 0 aromatic heterocycles. The molecule has 0 saturated carbocycles. The number of fused-ring (bicyclic) bond motifs is 1. The van der Waals surface area contributed by atoms with Gasteiger partial charge in [-0.05, 0) is 29.9 Å². The van der Waals surface area contributed by atoms with E-state index in [0.717, 1.165) is 22.1 Å². The summed E-state index contributed by atoms with van der Waals surface area (Å²) in [5.74, 6) is -0.0705. The van der Waals surface area contributed by atoms with Crippen LogP contribution >= 0.6 is 0 Å². The molecule has 2 aromatic rings. The highest BCUT2D eigenvalue weighted by atomic mass is 16.5. The lowest BCUT2D eigenvalue weighted by molar-refractivity contribution is -0.137. The second-order valence-electron chi connectivity index (χ2n) is 4.70. The van der Waals surface area contributed by atoms with Gasteiger partial charge in [-0.15, -0.1) is 0 Å². The van der Waals surface area contributed by atoms with E-state index in [1.165, 1.54) is 0 Å². The van der Waals surface area contributed by atoms with Gasteiger partial charge in [0.15, 0.2) is 0 Å². The smallest absolute Gasteiger partial charge is 0.303 e. The Hall–Kier alpha value is -2.07. The molecule has 0 saturated heterocycles. The maximum Gasteiger partial charge on any atom is 0.303 e. The van der Waals surface area contributed by atoms with Crippen molar-refractivity contribution in [3.05, 3.63) is 42.0 Å². The minimum atomic E-state index is -0.836. The van der Waals surface area contributed by atoms with Gasteiger partial charge in [-0.2, -0.15) is 0 Å². The Bertz CT molecular complexity index is 606. The zero-order valence-corrected chi connectivity index (χ0v) is 11.4. The van der Waals surface area contributed by atoms with Crippen LogP contribution in [0.5, 0.6) is 5.75 Å². The fourth-order valence-electron chi connectivity index (χ4n) is 2.37. The maximum absolute atomic E-state index is 10.5. The van der Waals surface area contributed by atoms with Crippen molar-refractivity contribution in [1.29, 1.82) is 0 Å². The van der Waals surface area contributed by atoms with Gasteiger partial charge in [-0.3, -0.25) is 4.79 Å². The average molecular weight is 274 g/mol. The predicted molar refractivity (Wildman–Crippen MR) is 76.9 cm³/mol. The average Bonchev–Trinajstić information content (AvgIpc) is 2.45. The Morgan fingerprint density at radius 3 is 2.55 bits per heavy atom. The van der Waals surface area contributed by atoms with Crippen LogP contribution in [-0.4, -0.2) is 23.3 Å². The molecule has 1 atom stereocenters. The number of carboxylic acid groups (broad SMARTS) is 1. The molecule has 0 spiro atoms. The molecule has 0 radical (unpaired) electrons. The van der Waals surface area contributed by atoms with Gasteiger partial charge < -0.3 is 14.9 Å². The summed E-state index contributed by atoms with van der Waals surface area (Å²) < 4.78 is 5.32. The van der Waals surface area contributed by atoms with Crippen LogP contribution in [0.15, 0.2) is 36.4 Å². The van der Waals surface area contributed by atoms with Crippen LogP contribution in [-0.2, 0) is 4.79 Å². The van der Waals surface area contributed by atoms with Crippen LogP contribution < -0.4 is 4.74 Å². The van der Waals surface area contributed by atoms with Gasteiger partial charge in [0.2, 0.25) is 0 Å². The first-order valence-electron chi connectivity index (χ1n) is 6.59. The van der Waals surface area contributed by atoms with Crippen LogP contribution in [0.2, 0.25) is 0 Å². The van der Waals surface area contributed by atoms with Crippen molar-refractivity contribution in [2.75, 3.05) is 7.11 Å². The number of aliphatic hydroxyl groups excluding tert-OH is 1. The van der Waals surface area contributed by atoms with Gasteiger partial charge in [0.25, 0.3) is 0 Å². The van der Waals surface area contributed by atoms with E-state index in [1.54, 1.807) is 7.11 Å². The molecular weight excluding hydrogens is 256 g/mol. The summed E-state index contributed by atoms with van der Waals surface area (Å²) in [4.78, 5) is 10.5. The number of aliphatic hydroxyl groups is 1. The third kappa shape index (κ3) is 3.08. The fourth-order valence-corrected chi connectivity index (χ4v) is 2.37. The zero-order valence-electron chi connectivity index (χ0n) is 11.4. The van der Waals surface area contributed by atoms with Gasteiger partial charge >= 0.3 is 5.97 Å². The number of aliphatic carboxylic acids is 1. The summed E-state index contributed by atoms with van der Waals surface area (Å²) >= 11 is 0. The summed E-state index contributed by atoms with van der Waals surface area (Å²) in [6.45, 7) is 0. The Labute approximate surface area is 117 Å². The van der Waals surface area contributed by atoms with E-state index in [-0.39, 0.29) is 6.42 Å². The second-order valence-corrected chi connectivity index (χ2v) is 4.70. The van der Waals surface area contributed by atoms with E-state index in [0.29, 0.717) is 12.8 Å². The van der Waals surface area contributed by atoms with Crippen LogP contribution in [0, 0.1) is 0 Å². The molecular formula is C16H18O4. The number of ether oxygens (including phenoxy) is 1. The van der Waals surface area contributed by atoms with E-state index < -0.39 is 12.1 Å². The second kappa shape index (κ2) is 6.39. The number of rotatable bonds is 6. The summed E-state index contributed by atoms with van der Waals surface area (Å²) in [7, 11) is 1.62. The Kier molecular flexibility index (Phi) is 4.58. The molecule has 20 heavy (non-hydrogen) atoms. The molecule has 0 aliphatic rings. The number of hydrogen-bond acceptors (Lipinski definition) is 3. The molecule has 0 fully saturated rings. The Morgan fingerprint density at radius 1 is 1.20 bits per heavy atom. The van der Waals surface area contributed by atoms with E-state index >= 15 is 0 Å². The summed E-state index contributed by atoms with van der Waals surface area (Å²) in [5, 5.41) is 20.8.